The summed E-state index contributed by atoms with van der Waals surface area (Å²) in [4.78, 5) is 26.6. The molecule has 1 fully saturated rings. The van der Waals surface area contributed by atoms with E-state index in [0.717, 1.165) is 11.8 Å². The number of hydrogen-bond acceptors (Lipinski definition) is 4. The molecule has 0 spiro atoms. The lowest BCUT2D eigenvalue weighted by Gasteiger charge is -2.32. The van der Waals surface area contributed by atoms with Gasteiger partial charge in [0.05, 0.1) is 12.7 Å². The molecule has 0 saturated carbocycles. The number of likely N-dealkylation sites (tertiary alicyclic amines) is 1. The predicted molar refractivity (Wildman–Crippen MR) is 112 cm³/mol. The van der Waals surface area contributed by atoms with Crippen LogP contribution in [0.15, 0.2) is 54.6 Å². The van der Waals surface area contributed by atoms with Crippen LogP contribution in [0.25, 0.3) is 0 Å². The number of benzene rings is 2. The molecule has 3 rings (SSSR count). The first-order valence-corrected chi connectivity index (χ1v) is 11.4. The average molecular weight is 416 g/mol. The summed E-state index contributed by atoms with van der Waals surface area (Å²) < 4.78 is 24.9. The lowest BCUT2D eigenvalue weighted by atomic mass is 10.0. The first kappa shape index (κ1) is 20.9. The Bertz CT molecular complexity index is 951. The summed E-state index contributed by atoms with van der Waals surface area (Å²) in [5, 5.41) is 3.05. The standard InChI is InChI=1S/C21H25N3O4S/c1-29(27,28)23-19-9-7-17(8-10-19)21(26)24-13-11-18(12-14-24)22-20(25)15-16-5-3-2-4-6-16/h2-10,18,23H,11-15H2,1H3,(H,22,25). The molecule has 0 aliphatic carbocycles. The molecule has 29 heavy (non-hydrogen) atoms. The van der Waals surface area contributed by atoms with E-state index in [4.69, 9.17) is 0 Å². The Kier molecular flexibility index (Phi) is 6.53. The zero-order chi connectivity index (χ0) is 20.9. The van der Waals surface area contributed by atoms with Crippen LogP contribution in [0.5, 0.6) is 0 Å². The van der Waals surface area contributed by atoms with Gasteiger partial charge in [0, 0.05) is 30.4 Å². The predicted octanol–water partition coefficient (Wildman–Crippen LogP) is 2.02. The van der Waals surface area contributed by atoms with Crippen LogP contribution in [0.3, 0.4) is 0 Å². The summed E-state index contributed by atoms with van der Waals surface area (Å²) in [7, 11) is -3.35. The van der Waals surface area contributed by atoms with E-state index in [9.17, 15) is 18.0 Å². The zero-order valence-electron chi connectivity index (χ0n) is 16.3. The van der Waals surface area contributed by atoms with Crippen molar-refractivity contribution in [1.82, 2.24) is 10.2 Å². The normalized spacial score (nSPS) is 15.0. The highest BCUT2D eigenvalue weighted by molar-refractivity contribution is 7.92. The van der Waals surface area contributed by atoms with Crippen LogP contribution in [0.2, 0.25) is 0 Å². The van der Waals surface area contributed by atoms with Crippen molar-refractivity contribution in [3.8, 4) is 0 Å². The molecule has 8 heteroatoms. The minimum absolute atomic E-state index is 0.00468. The van der Waals surface area contributed by atoms with Gasteiger partial charge < -0.3 is 10.2 Å². The molecule has 1 saturated heterocycles. The molecule has 1 aliphatic rings. The number of rotatable bonds is 6. The number of anilines is 1. The molecular formula is C21H25N3O4S. The highest BCUT2D eigenvalue weighted by atomic mass is 32.2. The highest BCUT2D eigenvalue weighted by Gasteiger charge is 2.24. The topological polar surface area (TPSA) is 95.6 Å². The maximum atomic E-state index is 12.7. The first-order chi connectivity index (χ1) is 13.8. The van der Waals surface area contributed by atoms with Crippen molar-refractivity contribution in [2.75, 3.05) is 24.1 Å². The molecule has 154 valence electrons. The Morgan fingerprint density at radius 3 is 2.21 bits per heavy atom. The molecule has 2 aromatic rings. The number of amides is 2. The smallest absolute Gasteiger partial charge is 0.253 e. The Morgan fingerprint density at radius 1 is 1.00 bits per heavy atom. The van der Waals surface area contributed by atoms with Crippen molar-refractivity contribution in [3.63, 3.8) is 0 Å². The van der Waals surface area contributed by atoms with Gasteiger partial charge in [-0.1, -0.05) is 30.3 Å². The molecule has 0 unspecified atom stereocenters. The van der Waals surface area contributed by atoms with Crippen LogP contribution in [0, 0.1) is 0 Å². The molecule has 0 aromatic heterocycles. The Labute approximate surface area is 171 Å². The quantitative estimate of drug-likeness (QED) is 0.755. The van der Waals surface area contributed by atoms with E-state index in [0.29, 0.717) is 43.6 Å². The van der Waals surface area contributed by atoms with Gasteiger partial charge in [0.25, 0.3) is 5.91 Å². The van der Waals surface area contributed by atoms with Gasteiger partial charge >= 0.3 is 0 Å². The highest BCUT2D eigenvalue weighted by Crippen LogP contribution is 2.17. The van der Waals surface area contributed by atoms with Crippen molar-refractivity contribution in [1.29, 1.82) is 0 Å². The summed E-state index contributed by atoms with van der Waals surface area (Å²) in [6.45, 7) is 1.14. The summed E-state index contributed by atoms with van der Waals surface area (Å²) in [5.74, 6) is -0.0973. The van der Waals surface area contributed by atoms with E-state index in [1.807, 2.05) is 30.3 Å². The lowest BCUT2D eigenvalue weighted by Crippen LogP contribution is -2.46. The molecule has 0 atom stereocenters. The van der Waals surface area contributed by atoms with Crippen LogP contribution in [0.1, 0.15) is 28.8 Å². The van der Waals surface area contributed by atoms with Gasteiger partial charge in [-0.15, -0.1) is 0 Å². The number of nitrogens with one attached hydrogen (secondary N) is 2. The van der Waals surface area contributed by atoms with Gasteiger partial charge in [-0.05, 0) is 42.7 Å². The SMILES string of the molecule is CS(=O)(=O)Nc1ccc(C(=O)N2CCC(NC(=O)Cc3ccccc3)CC2)cc1. The van der Waals surface area contributed by atoms with Crippen molar-refractivity contribution in [3.05, 3.63) is 65.7 Å². The molecule has 1 heterocycles. The first-order valence-electron chi connectivity index (χ1n) is 9.50. The van der Waals surface area contributed by atoms with Crippen LogP contribution < -0.4 is 10.0 Å². The Hall–Kier alpha value is -2.87. The Balaban J connectivity index is 1.48. The van der Waals surface area contributed by atoms with Crippen molar-refractivity contribution in [2.24, 2.45) is 0 Å². The van der Waals surface area contributed by atoms with Gasteiger partial charge in [-0.3, -0.25) is 14.3 Å². The van der Waals surface area contributed by atoms with Gasteiger partial charge in [0.2, 0.25) is 15.9 Å². The van der Waals surface area contributed by atoms with Gasteiger partial charge in [0.1, 0.15) is 0 Å². The summed E-state index contributed by atoms with van der Waals surface area (Å²) in [6.07, 6.45) is 2.85. The summed E-state index contributed by atoms with van der Waals surface area (Å²) >= 11 is 0. The molecular weight excluding hydrogens is 390 g/mol. The monoisotopic (exact) mass is 415 g/mol. The number of sulfonamides is 1. The maximum absolute atomic E-state index is 12.7. The molecule has 7 nitrogen and oxygen atoms in total. The molecule has 2 amide bonds. The van der Waals surface area contributed by atoms with Crippen LogP contribution in [-0.4, -0.2) is 50.5 Å². The second kappa shape index (κ2) is 9.09. The van der Waals surface area contributed by atoms with Crippen molar-refractivity contribution < 1.29 is 18.0 Å². The van der Waals surface area contributed by atoms with Gasteiger partial charge in [-0.25, -0.2) is 8.42 Å². The molecule has 0 bridgehead atoms. The second-order valence-corrected chi connectivity index (χ2v) is 9.00. The minimum atomic E-state index is -3.35. The van der Waals surface area contributed by atoms with Gasteiger partial charge in [0.15, 0.2) is 0 Å². The van der Waals surface area contributed by atoms with Crippen molar-refractivity contribution >= 4 is 27.5 Å². The second-order valence-electron chi connectivity index (χ2n) is 7.25. The number of hydrogen-bond donors (Lipinski definition) is 2. The molecule has 0 radical (unpaired) electrons. The third-order valence-corrected chi connectivity index (χ3v) is 5.40. The fraction of sp³-hybridized carbons (Fsp3) is 0.333. The van der Waals surface area contributed by atoms with E-state index < -0.39 is 10.0 Å². The maximum Gasteiger partial charge on any atom is 0.253 e. The fourth-order valence-electron chi connectivity index (χ4n) is 3.36. The number of piperidine rings is 1. The molecule has 2 N–H and O–H groups in total. The van der Waals surface area contributed by atoms with Crippen LogP contribution in [0.4, 0.5) is 5.69 Å². The molecule has 2 aromatic carbocycles. The minimum Gasteiger partial charge on any atom is -0.353 e. The van der Waals surface area contributed by atoms with Gasteiger partial charge in [-0.2, -0.15) is 0 Å². The fourth-order valence-corrected chi connectivity index (χ4v) is 3.93. The van der Waals surface area contributed by atoms with E-state index in [1.165, 1.54) is 0 Å². The van der Waals surface area contributed by atoms with E-state index in [2.05, 4.69) is 10.0 Å². The average Bonchev–Trinajstić information content (AvgIpc) is 2.68. The summed E-state index contributed by atoms with van der Waals surface area (Å²) in [5.41, 5.74) is 1.91. The third kappa shape index (κ3) is 6.32. The largest absolute Gasteiger partial charge is 0.353 e. The van der Waals surface area contributed by atoms with Crippen molar-refractivity contribution in [2.45, 2.75) is 25.3 Å². The summed E-state index contributed by atoms with van der Waals surface area (Å²) in [6, 6.07) is 16.0. The lowest BCUT2D eigenvalue weighted by molar-refractivity contribution is -0.121. The van der Waals surface area contributed by atoms with E-state index in [-0.39, 0.29) is 17.9 Å². The molecule has 1 aliphatic heterocycles. The van der Waals surface area contributed by atoms with Crippen LogP contribution >= 0.6 is 0 Å². The number of nitrogens with zero attached hydrogens (tertiary/aromatic N) is 1. The third-order valence-electron chi connectivity index (χ3n) is 4.79. The Morgan fingerprint density at radius 2 is 1.62 bits per heavy atom. The zero-order valence-corrected chi connectivity index (χ0v) is 17.1. The van der Waals surface area contributed by atoms with E-state index in [1.54, 1.807) is 29.2 Å². The van der Waals surface area contributed by atoms with Crippen LogP contribution in [-0.2, 0) is 21.2 Å². The number of carbonyl (C=O) groups is 2. The van der Waals surface area contributed by atoms with E-state index >= 15 is 0 Å². The number of carbonyl (C=O) groups excluding carboxylic acids is 2.